The number of sulfonamides is 1. The maximum Gasteiger partial charge on any atom is 0.244 e. The molecule has 0 fully saturated rings. The summed E-state index contributed by atoms with van der Waals surface area (Å²) in [5.41, 5.74) is 0.961. The first-order chi connectivity index (χ1) is 9.34. The number of hydrogen-bond donors (Lipinski definition) is 0. The fourth-order valence-electron chi connectivity index (χ4n) is 1.61. The summed E-state index contributed by atoms with van der Waals surface area (Å²) >= 11 is 6.69. The molecule has 0 aliphatic heterocycles. The molecule has 0 saturated carbocycles. The average Bonchev–Trinajstić information content (AvgIpc) is 2.38. The summed E-state index contributed by atoms with van der Waals surface area (Å²) in [4.78, 5) is 0.230. The van der Waals surface area contributed by atoms with E-state index >= 15 is 0 Å². The number of hydrogen-bond acceptors (Lipinski definition) is 3. The predicted molar refractivity (Wildman–Crippen MR) is 87.4 cm³/mol. The monoisotopic (exact) mass is 425 g/mol. The highest BCUT2D eigenvalue weighted by Gasteiger charge is 2.26. The lowest BCUT2D eigenvalue weighted by Crippen LogP contribution is -2.34. The lowest BCUT2D eigenvalue weighted by molar-refractivity contribution is 0.182. The van der Waals surface area contributed by atoms with Crippen LogP contribution in [0.4, 0.5) is 0 Å². The number of halogens is 2. The van der Waals surface area contributed by atoms with Crippen molar-refractivity contribution in [2.75, 3.05) is 26.8 Å². The Bertz CT molecular complexity index is 588. The summed E-state index contributed by atoms with van der Waals surface area (Å²) in [7, 11) is -2.06. The number of ether oxygens (including phenoxy) is 1. The summed E-state index contributed by atoms with van der Waals surface area (Å²) in [6.07, 6.45) is 1.56. The van der Waals surface area contributed by atoms with Crippen LogP contribution >= 0.6 is 31.9 Å². The van der Waals surface area contributed by atoms with Gasteiger partial charge in [-0.25, -0.2) is 8.42 Å². The van der Waals surface area contributed by atoms with E-state index in [2.05, 4.69) is 38.4 Å². The van der Waals surface area contributed by atoms with Gasteiger partial charge in [-0.1, -0.05) is 22.0 Å². The van der Waals surface area contributed by atoms with Crippen LogP contribution in [-0.4, -0.2) is 39.5 Å². The van der Waals surface area contributed by atoms with Gasteiger partial charge in [0.05, 0.1) is 11.5 Å². The van der Waals surface area contributed by atoms with E-state index in [9.17, 15) is 8.42 Å². The molecule has 0 N–H and O–H groups in total. The first kappa shape index (κ1) is 17.8. The van der Waals surface area contributed by atoms with E-state index in [1.807, 2.05) is 6.92 Å². The zero-order valence-electron chi connectivity index (χ0n) is 11.4. The second kappa shape index (κ2) is 7.70. The van der Waals surface area contributed by atoms with E-state index in [0.717, 1.165) is 10.0 Å². The SMILES string of the molecule is C=CCN(CCOC)S(=O)(=O)c1cc(Br)c(C)cc1Br. The van der Waals surface area contributed by atoms with Crippen molar-refractivity contribution in [3.8, 4) is 0 Å². The molecule has 0 amide bonds. The molecule has 0 saturated heterocycles. The molecule has 1 aromatic carbocycles. The number of aryl methyl sites for hydroxylation is 1. The Hall–Kier alpha value is -0.210. The number of rotatable bonds is 7. The van der Waals surface area contributed by atoms with Crippen molar-refractivity contribution in [3.63, 3.8) is 0 Å². The van der Waals surface area contributed by atoms with Crippen molar-refractivity contribution in [2.24, 2.45) is 0 Å². The quantitative estimate of drug-likeness (QED) is 0.628. The molecule has 1 aromatic rings. The van der Waals surface area contributed by atoms with Crippen LogP contribution in [0.2, 0.25) is 0 Å². The normalized spacial score (nSPS) is 11.8. The van der Waals surface area contributed by atoms with Crippen molar-refractivity contribution >= 4 is 41.9 Å². The van der Waals surface area contributed by atoms with Gasteiger partial charge >= 0.3 is 0 Å². The molecular weight excluding hydrogens is 410 g/mol. The maximum atomic E-state index is 12.7. The van der Waals surface area contributed by atoms with Crippen molar-refractivity contribution < 1.29 is 13.2 Å². The van der Waals surface area contributed by atoms with Crippen molar-refractivity contribution in [1.29, 1.82) is 0 Å². The third-order valence-corrected chi connectivity index (χ3v) is 6.39. The molecule has 7 heteroatoms. The molecule has 112 valence electrons. The highest BCUT2D eigenvalue weighted by Crippen LogP contribution is 2.30. The van der Waals surface area contributed by atoms with Gasteiger partial charge in [0.15, 0.2) is 0 Å². The highest BCUT2D eigenvalue weighted by molar-refractivity contribution is 9.11. The molecule has 4 nitrogen and oxygen atoms in total. The summed E-state index contributed by atoms with van der Waals surface area (Å²) < 4.78 is 33.0. The maximum absolute atomic E-state index is 12.7. The van der Waals surface area contributed by atoms with Gasteiger partial charge in [0.1, 0.15) is 0 Å². The van der Waals surface area contributed by atoms with E-state index < -0.39 is 10.0 Å². The minimum atomic E-state index is -3.60. The molecule has 0 bridgehead atoms. The third kappa shape index (κ3) is 4.14. The van der Waals surface area contributed by atoms with Crippen LogP contribution in [0.1, 0.15) is 5.56 Å². The van der Waals surface area contributed by atoms with Gasteiger partial charge in [0.2, 0.25) is 10.0 Å². The van der Waals surface area contributed by atoms with Gasteiger partial charge in [-0.2, -0.15) is 4.31 Å². The molecule has 0 aliphatic rings. The zero-order chi connectivity index (χ0) is 15.3. The Morgan fingerprint density at radius 1 is 1.35 bits per heavy atom. The van der Waals surface area contributed by atoms with Crippen LogP contribution < -0.4 is 0 Å². The number of nitrogens with zero attached hydrogens (tertiary/aromatic N) is 1. The Balaban J connectivity index is 3.25. The molecule has 0 atom stereocenters. The van der Waals surface area contributed by atoms with Gasteiger partial charge in [-0.3, -0.25) is 0 Å². The fraction of sp³-hybridized carbons (Fsp3) is 0.385. The van der Waals surface area contributed by atoms with Gasteiger partial charge < -0.3 is 4.74 Å². The van der Waals surface area contributed by atoms with E-state index in [0.29, 0.717) is 11.1 Å². The smallest absolute Gasteiger partial charge is 0.244 e. The third-order valence-electron chi connectivity index (χ3n) is 2.71. The molecule has 0 heterocycles. The fourth-order valence-corrected chi connectivity index (χ4v) is 4.64. The minimum absolute atomic E-state index is 0.230. The van der Waals surface area contributed by atoms with E-state index in [1.165, 1.54) is 11.4 Å². The lowest BCUT2D eigenvalue weighted by atomic mass is 10.2. The Morgan fingerprint density at radius 2 is 2.00 bits per heavy atom. The zero-order valence-corrected chi connectivity index (χ0v) is 15.4. The van der Waals surface area contributed by atoms with Gasteiger partial charge in [0, 0.05) is 29.1 Å². The second-order valence-corrected chi connectivity index (χ2v) is 7.79. The molecule has 0 aromatic heterocycles. The molecule has 0 spiro atoms. The van der Waals surface area contributed by atoms with Crippen molar-refractivity contribution in [2.45, 2.75) is 11.8 Å². The molecule has 1 rings (SSSR count). The topological polar surface area (TPSA) is 46.6 Å². The second-order valence-electron chi connectivity index (χ2n) is 4.18. The van der Waals surface area contributed by atoms with Crippen LogP contribution in [0.25, 0.3) is 0 Å². The van der Waals surface area contributed by atoms with E-state index in [-0.39, 0.29) is 18.0 Å². The van der Waals surface area contributed by atoms with Crippen LogP contribution in [0, 0.1) is 6.92 Å². The summed E-state index contributed by atoms with van der Waals surface area (Å²) in [5, 5.41) is 0. The Labute approximate surface area is 137 Å². The van der Waals surface area contributed by atoms with Crippen LogP contribution in [0.5, 0.6) is 0 Å². The summed E-state index contributed by atoms with van der Waals surface area (Å²) in [6.45, 7) is 6.35. The van der Waals surface area contributed by atoms with Crippen LogP contribution in [0.15, 0.2) is 38.6 Å². The molecule has 0 unspecified atom stereocenters. The van der Waals surface area contributed by atoms with Gasteiger partial charge in [-0.05, 0) is 40.5 Å². The predicted octanol–water partition coefficient (Wildman–Crippen LogP) is 3.34. The first-order valence-electron chi connectivity index (χ1n) is 5.90. The van der Waals surface area contributed by atoms with E-state index in [4.69, 9.17) is 4.74 Å². The summed E-state index contributed by atoms with van der Waals surface area (Å²) in [6, 6.07) is 3.39. The van der Waals surface area contributed by atoms with E-state index in [1.54, 1.807) is 18.2 Å². The molecule has 0 radical (unpaired) electrons. The Kier molecular flexibility index (Phi) is 6.87. The molecule has 0 aliphatic carbocycles. The van der Waals surface area contributed by atoms with Crippen LogP contribution in [-0.2, 0) is 14.8 Å². The minimum Gasteiger partial charge on any atom is -0.383 e. The lowest BCUT2D eigenvalue weighted by Gasteiger charge is -2.21. The highest BCUT2D eigenvalue weighted by atomic mass is 79.9. The summed E-state index contributed by atoms with van der Waals surface area (Å²) in [5.74, 6) is 0. The van der Waals surface area contributed by atoms with Gasteiger partial charge in [-0.15, -0.1) is 6.58 Å². The van der Waals surface area contributed by atoms with Crippen molar-refractivity contribution in [1.82, 2.24) is 4.31 Å². The molecule has 20 heavy (non-hydrogen) atoms. The number of methoxy groups -OCH3 is 1. The average molecular weight is 427 g/mol. The number of benzene rings is 1. The first-order valence-corrected chi connectivity index (χ1v) is 8.92. The largest absolute Gasteiger partial charge is 0.383 e. The molecular formula is C13H17Br2NO3S. The van der Waals surface area contributed by atoms with Crippen molar-refractivity contribution in [3.05, 3.63) is 39.3 Å². The van der Waals surface area contributed by atoms with Crippen LogP contribution in [0.3, 0.4) is 0 Å². The Morgan fingerprint density at radius 3 is 2.55 bits per heavy atom. The van der Waals surface area contributed by atoms with Gasteiger partial charge in [0.25, 0.3) is 0 Å². The standard InChI is InChI=1S/C13H17Br2NO3S/c1-4-5-16(6-7-19-3)20(17,18)13-9-11(14)10(2)8-12(13)15/h4,8-9H,1,5-7H2,2-3H3.